The zero-order valence-electron chi connectivity index (χ0n) is 17.1. The average Bonchev–Trinajstić information content (AvgIpc) is 2.99. The van der Waals surface area contributed by atoms with E-state index in [9.17, 15) is 4.79 Å². The van der Waals surface area contributed by atoms with Gasteiger partial charge < -0.3 is 5.32 Å². The predicted molar refractivity (Wildman–Crippen MR) is 120 cm³/mol. The van der Waals surface area contributed by atoms with Gasteiger partial charge in [-0.3, -0.25) is 14.6 Å². The molecule has 1 aliphatic heterocycles. The molecule has 3 aromatic rings. The molecule has 0 spiro atoms. The zero-order chi connectivity index (χ0) is 20.1. The lowest BCUT2D eigenvalue weighted by Crippen LogP contribution is -2.43. The molecule has 150 valence electrons. The van der Waals surface area contributed by atoms with Crippen molar-refractivity contribution in [3.05, 3.63) is 78.4 Å². The zero-order valence-corrected chi connectivity index (χ0v) is 17.1. The number of anilines is 1. The Bertz CT molecular complexity index is 956. The topological polar surface area (TPSA) is 35.6 Å². The molecule has 0 aliphatic carbocycles. The molecule has 0 aromatic heterocycles. The van der Waals surface area contributed by atoms with E-state index in [2.05, 4.69) is 63.6 Å². The third-order valence-electron chi connectivity index (χ3n) is 5.82. The predicted octanol–water partition coefficient (Wildman–Crippen LogP) is 4.37. The van der Waals surface area contributed by atoms with Crippen LogP contribution in [0.3, 0.4) is 0 Å². The normalized spacial score (nSPS) is 17.0. The Morgan fingerprint density at radius 3 is 2.48 bits per heavy atom. The molecular weight excluding hydrogens is 358 g/mol. The first-order valence-corrected chi connectivity index (χ1v) is 10.5. The van der Waals surface area contributed by atoms with Crippen LogP contribution in [0.15, 0.2) is 72.8 Å². The van der Waals surface area contributed by atoms with E-state index < -0.39 is 0 Å². The first-order chi connectivity index (χ1) is 14.2. The summed E-state index contributed by atoms with van der Waals surface area (Å²) in [6, 6.07) is 24.8. The van der Waals surface area contributed by atoms with E-state index in [1.165, 1.54) is 10.9 Å². The van der Waals surface area contributed by atoms with E-state index >= 15 is 0 Å². The van der Waals surface area contributed by atoms with Gasteiger partial charge in [0.15, 0.2) is 0 Å². The third kappa shape index (κ3) is 5.03. The quantitative estimate of drug-likeness (QED) is 0.706. The van der Waals surface area contributed by atoms with Crippen molar-refractivity contribution >= 4 is 22.4 Å². The molecule has 1 N–H and O–H groups in total. The van der Waals surface area contributed by atoms with Gasteiger partial charge in [-0.1, -0.05) is 60.7 Å². The summed E-state index contributed by atoms with van der Waals surface area (Å²) >= 11 is 0. The van der Waals surface area contributed by atoms with Crippen LogP contribution in [-0.2, 0) is 11.3 Å². The molecule has 0 radical (unpaired) electrons. The first kappa shape index (κ1) is 19.6. The van der Waals surface area contributed by atoms with Crippen LogP contribution in [0.25, 0.3) is 10.8 Å². The molecule has 1 fully saturated rings. The fourth-order valence-corrected chi connectivity index (χ4v) is 4.06. The van der Waals surface area contributed by atoms with Crippen molar-refractivity contribution in [1.29, 1.82) is 0 Å². The number of fused-ring (bicyclic) bond motifs is 1. The number of hydrogen-bond acceptors (Lipinski definition) is 3. The van der Waals surface area contributed by atoms with Crippen LogP contribution >= 0.6 is 0 Å². The summed E-state index contributed by atoms with van der Waals surface area (Å²) in [5.41, 5.74) is 2.21. The Morgan fingerprint density at radius 2 is 1.66 bits per heavy atom. The molecule has 29 heavy (non-hydrogen) atoms. The molecule has 0 saturated carbocycles. The second-order valence-electron chi connectivity index (χ2n) is 7.88. The Labute approximate surface area is 173 Å². The largest absolute Gasteiger partial charge is 0.325 e. The van der Waals surface area contributed by atoms with Crippen molar-refractivity contribution in [1.82, 2.24) is 9.80 Å². The highest BCUT2D eigenvalue weighted by atomic mass is 16.2. The van der Waals surface area contributed by atoms with Crippen LogP contribution < -0.4 is 5.32 Å². The number of carbonyl (C=O) groups is 1. The minimum absolute atomic E-state index is 0.0665. The van der Waals surface area contributed by atoms with Crippen LogP contribution in [0.2, 0.25) is 0 Å². The van der Waals surface area contributed by atoms with Gasteiger partial charge in [-0.25, -0.2) is 0 Å². The minimum atomic E-state index is -0.141. The maximum Gasteiger partial charge on any atom is 0.241 e. The number of benzene rings is 3. The Hall–Kier alpha value is -2.69. The van der Waals surface area contributed by atoms with Gasteiger partial charge in [-0.15, -0.1) is 0 Å². The van der Waals surface area contributed by atoms with Crippen molar-refractivity contribution in [2.75, 3.05) is 31.5 Å². The maximum atomic E-state index is 12.9. The van der Waals surface area contributed by atoms with E-state index in [0.717, 1.165) is 50.2 Å². The highest BCUT2D eigenvalue weighted by Crippen LogP contribution is 2.19. The monoisotopic (exact) mass is 387 g/mol. The highest BCUT2D eigenvalue weighted by molar-refractivity contribution is 5.97. The van der Waals surface area contributed by atoms with Crippen LogP contribution in [-0.4, -0.2) is 47.9 Å². The van der Waals surface area contributed by atoms with Crippen molar-refractivity contribution in [2.45, 2.75) is 25.9 Å². The number of rotatable bonds is 5. The second kappa shape index (κ2) is 9.21. The summed E-state index contributed by atoms with van der Waals surface area (Å²) in [7, 11) is 0. The molecule has 4 rings (SSSR count). The molecule has 1 atom stereocenters. The van der Waals surface area contributed by atoms with Gasteiger partial charge in [-0.2, -0.15) is 0 Å². The third-order valence-corrected chi connectivity index (χ3v) is 5.82. The van der Waals surface area contributed by atoms with Crippen LogP contribution in [0, 0.1) is 0 Å². The minimum Gasteiger partial charge on any atom is -0.325 e. The lowest BCUT2D eigenvalue weighted by molar-refractivity contribution is -0.120. The number of amides is 1. The van der Waals surface area contributed by atoms with Crippen molar-refractivity contribution < 1.29 is 4.79 Å². The van der Waals surface area contributed by atoms with Gasteiger partial charge in [0, 0.05) is 31.9 Å². The lowest BCUT2D eigenvalue weighted by atomic mass is 10.1. The van der Waals surface area contributed by atoms with Crippen LogP contribution in [0.1, 0.15) is 18.9 Å². The van der Waals surface area contributed by atoms with Crippen LogP contribution in [0.5, 0.6) is 0 Å². The Kier molecular flexibility index (Phi) is 6.23. The summed E-state index contributed by atoms with van der Waals surface area (Å²) in [6.07, 6.45) is 1.08. The maximum absolute atomic E-state index is 12.9. The Balaban J connectivity index is 1.34. The van der Waals surface area contributed by atoms with E-state index in [-0.39, 0.29) is 11.9 Å². The standard InChI is InChI=1S/C25H29N3O/c1-20(25(29)26-24-13-12-22-10-5-6-11-23(22)18-24)28-15-7-14-27(16-17-28)19-21-8-3-2-4-9-21/h2-6,8-13,18,20H,7,14-17,19H2,1H3,(H,26,29). The van der Waals surface area contributed by atoms with Gasteiger partial charge in [0.2, 0.25) is 5.91 Å². The number of nitrogens with zero attached hydrogens (tertiary/aromatic N) is 2. The van der Waals surface area contributed by atoms with E-state index in [1.54, 1.807) is 0 Å². The summed E-state index contributed by atoms with van der Waals surface area (Å²) < 4.78 is 0. The molecule has 1 heterocycles. The highest BCUT2D eigenvalue weighted by Gasteiger charge is 2.24. The molecular formula is C25H29N3O. The number of hydrogen-bond donors (Lipinski definition) is 1. The SMILES string of the molecule is CC(C(=O)Nc1ccc2ccccc2c1)N1CCCN(Cc2ccccc2)CC1. The van der Waals surface area contributed by atoms with E-state index in [0.29, 0.717) is 0 Å². The average molecular weight is 388 g/mol. The second-order valence-corrected chi connectivity index (χ2v) is 7.88. The molecule has 1 aliphatic rings. The summed E-state index contributed by atoms with van der Waals surface area (Å²) in [5.74, 6) is 0.0665. The van der Waals surface area contributed by atoms with Gasteiger partial charge in [-0.05, 0) is 48.4 Å². The molecule has 4 nitrogen and oxygen atoms in total. The van der Waals surface area contributed by atoms with Crippen LogP contribution in [0.4, 0.5) is 5.69 Å². The van der Waals surface area contributed by atoms with Crippen molar-refractivity contribution in [3.8, 4) is 0 Å². The molecule has 3 aromatic carbocycles. The van der Waals surface area contributed by atoms with Gasteiger partial charge in [0.25, 0.3) is 0 Å². The summed E-state index contributed by atoms with van der Waals surface area (Å²) in [4.78, 5) is 17.7. The fraction of sp³-hybridized carbons (Fsp3) is 0.320. The van der Waals surface area contributed by atoms with E-state index in [4.69, 9.17) is 0 Å². The molecule has 1 unspecified atom stereocenters. The number of carbonyl (C=O) groups excluding carboxylic acids is 1. The number of nitrogens with one attached hydrogen (secondary N) is 1. The van der Waals surface area contributed by atoms with Crippen molar-refractivity contribution in [2.24, 2.45) is 0 Å². The summed E-state index contributed by atoms with van der Waals surface area (Å²) in [6.45, 7) is 6.93. The molecule has 0 bridgehead atoms. The molecule has 1 saturated heterocycles. The van der Waals surface area contributed by atoms with E-state index in [1.807, 2.05) is 31.2 Å². The fourth-order valence-electron chi connectivity index (χ4n) is 4.06. The molecule has 4 heteroatoms. The smallest absolute Gasteiger partial charge is 0.241 e. The van der Waals surface area contributed by atoms with Crippen molar-refractivity contribution in [3.63, 3.8) is 0 Å². The molecule has 1 amide bonds. The summed E-state index contributed by atoms with van der Waals surface area (Å²) in [5, 5.41) is 5.44. The Morgan fingerprint density at radius 1 is 0.897 bits per heavy atom. The van der Waals surface area contributed by atoms with Gasteiger partial charge in [0.1, 0.15) is 0 Å². The van der Waals surface area contributed by atoms with Gasteiger partial charge in [0.05, 0.1) is 6.04 Å². The lowest BCUT2D eigenvalue weighted by Gasteiger charge is -2.27. The first-order valence-electron chi connectivity index (χ1n) is 10.5. The van der Waals surface area contributed by atoms with Gasteiger partial charge >= 0.3 is 0 Å².